The minimum atomic E-state index is -4.51. The summed E-state index contributed by atoms with van der Waals surface area (Å²) < 4.78 is 52.8. The Hall–Kier alpha value is -4.18. The monoisotopic (exact) mass is 552 g/mol. The molecule has 1 aromatic heterocycles. The molecule has 4 rings (SSSR count). The van der Waals surface area contributed by atoms with Crippen molar-refractivity contribution in [1.82, 2.24) is 9.55 Å². The van der Waals surface area contributed by atoms with E-state index in [2.05, 4.69) is 4.98 Å². The van der Waals surface area contributed by atoms with Crippen molar-refractivity contribution >= 4 is 9.84 Å². The molecule has 0 bridgehead atoms. The molecule has 0 saturated carbocycles. The molecule has 10 heteroatoms. The van der Waals surface area contributed by atoms with Gasteiger partial charge in [0.15, 0.2) is 4.90 Å². The Balaban J connectivity index is 1.92. The van der Waals surface area contributed by atoms with Crippen molar-refractivity contribution in [2.75, 3.05) is 14.2 Å². The van der Waals surface area contributed by atoms with Gasteiger partial charge in [0.25, 0.3) is 5.56 Å². The third kappa shape index (κ3) is 5.51. The molecule has 0 aliphatic rings. The number of hydrogen-bond acceptors (Lipinski definition) is 7. The molecule has 8 nitrogen and oxygen atoms in total. The van der Waals surface area contributed by atoms with E-state index in [4.69, 9.17) is 9.47 Å². The normalized spacial score (nSPS) is 11.5. The first-order valence-corrected chi connectivity index (χ1v) is 13.7. The molecule has 0 fully saturated rings. The Bertz CT molecular complexity index is 1630. The highest BCUT2D eigenvalue weighted by molar-refractivity contribution is 7.91. The van der Waals surface area contributed by atoms with Crippen LogP contribution in [0.5, 0.6) is 17.4 Å². The van der Waals surface area contributed by atoms with E-state index < -0.39 is 26.2 Å². The molecule has 0 radical (unpaired) electrons. The Labute approximate surface area is 226 Å². The molecule has 0 aliphatic carbocycles. The number of sulfone groups is 1. The number of halogens is 1. The summed E-state index contributed by atoms with van der Waals surface area (Å²) in [5.41, 5.74) is 0.537. The van der Waals surface area contributed by atoms with Crippen LogP contribution in [0.4, 0.5) is 4.39 Å². The van der Waals surface area contributed by atoms with E-state index in [9.17, 15) is 22.7 Å². The second-order valence-corrected chi connectivity index (χ2v) is 11.2. The van der Waals surface area contributed by atoms with Gasteiger partial charge in [-0.25, -0.2) is 12.8 Å². The summed E-state index contributed by atoms with van der Waals surface area (Å²) in [7, 11) is -1.67. The fourth-order valence-corrected chi connectivity index (χ4v) is 5.56. The molecule has 0 unspecified atom stereocenters. The van der Waals surface area contributed by atoms with Crippen molar-refractivity contribution in [2.45, 2.75) is 36.5 Å². The maximum absolute atomic E-state index is 14.0. The Kier molecular flexibility index (Phi) is 8.06. The number of rotatable bonds is 9. The van der Waals surface area contributed by atoms with Gasteiger partial charge in [-0.2, -0.15) is 4.98 Å². The zero-order chi connectivity index (χ0) is 28.3. The van der Waals surface area contributed by atoms with Gasteiger partial charge >= 0.3 is 0 Å². The topological polar surface area (TPSA) is 108 Å². The summed E-state index contributed by atoms with van der Waals surface area (Å²) >= 11 is 0. The summed E-state index contributed by atoms with van der Waals surface area (Å²) in [6.45, 7) is 4.00. The lowest BCUT2D eigenvalue weighted by Gasteiger charge is -2.20. The molecule has 1 N–H and O–H groups in total. The van der Waals surface area contributed by atoms with Crippen LogP contribution >= 0.6 is 0 Å². The summed E-state index contributed by atoms with van der Waals surface area (Å²) in [6, 6.07) is 16.4. The fraction of sp³-hybridized carbons (Fsp3) is 0.241. The molecule has 1 heterocycles. The first kappa shape index (κ1) is 27.8. The highest BCUT2D eigenvalue weighted by Gasteiger charge is 2.31. The minimum Gasteiger partial charge on any atom is -0.494 e. The van der Waals surface area contributed by atoms with Gasteiger partial charge in [0, 0.05) is 6.42 Å². The standard InChI is InChI=1S/C29H29FN2O6S/c1-18(2)8-17-25-31-28(33)27(29(34)32(25)26-23(37-3)6-5-7-24(26)38-4)39(35,36)22-15-11-20(12-16-22)19-9-13-21(30)14-10-19/h5-7,9-16,18,33H,8,17H2,1-4H3. The zero-order valence-electron chi connectivity index (χ0n) is 22.0. The number of ether oxygens (including phenoxy) is 2. The molecular formula is C29H29FN2O6S. The van der Waals surface area contributed by atoms with Gasteiger partial charge in [-0.3, -0.25) is 9.36 Å². The molecule has 204 valence electrons. The Morgan fingerprint density at radius 2 is 1.46 bits per heavy atom. The van der Waals surface area contributed by atoms with E-state index in [0.717, 1.165) is 4.57 Å². The summed E-state index contributed by atoms with van der Waals surface area (Å²) in [5.74, 6) is -0.324. The Morgan fingerprint density at radius 3 is 1.97 bits per heavy atom. The highest BCUT2D eigenvalue weighted by atomic mass is 32.2. The van der Waals surface area contributed by atoms with Crippen molar-refractivity contribution in [2.24, 2.45) is 5.92 Å². The second-order valence-electron chi connectivity index (χ2n) is 9.30. The van der Waals surface area contributed by atoms with Crippen LogP contribution in [0.2, 0.25) is 0 Å². The van der Waals surface area contributed by atoms with Gasteiger partial charge in [-0.15, -0.1) is 0 Å². The zero-order valence-corrected chi connectivity index (χ0v) is 22.8. The van der Waals surface area contributed by atoms with Crippen LogP contribution in [0.1, 0.15) is 26.1 Å². The average Bonchev–Trinajstić information content (AvgIpc) is 2.91. The van der Waals surface area contributed by atoms with Crippen molar-refractivity contribution in [1.29, 1.82) is 0 Å². The van der Waals surface area contributed by atoms with Crippen LogP contribution in [-0.2, 0) is 16.3 Å². The van der Waals surface area contributed by atoms with Crippen molar-refractivity contribution in [3.05, 3.63) is 88.7 Å². The smallest absolute Gasteiger partial charge is 0.281 e. The number of para-hydroxylation sites is 1. The lowest BCUT2D eigenvalue weighted by atomic mass is 10.1. The van der Waals surface area contributed by atoms with Crippen LogP contribution in [0.15, 0.2) is 81.3 Å². The van der Waals surface area contributed by atoms with Gasteiger partial charge < -0.3 is 14.6 Å². The number of methoxy groups -OCH3 is 2. The molecular weight excluding hydrogens is 523 g/mol. The summed E-state index contributed by atoms with van der Waals surface area (Å²) in [4.78, 5) is 17.1. The number of nitrogens with zero attached hydrogens (tertiary/aromatic N) is 2. The molecule has 0 aliphatic heterocycles. The van der Waals surface area contributed by atoms with E-state index in [-0.39, 0.29) is 46.1 Å². The SMILES string of the molecule is COc1cccc(OC)c1-n1c(CCC(C)C)nc(O)c(S(=O)(=O)c2ccc(-c3ccc(F)cc3)cc2)c1=O. The maximum Gasteiger partial charge on any atom is 0.281 e. The predicted octanol–water partition coefficient (Wildman–Crippen LogP) is 5.18. The van der Waals surface area contributed by atoms with E-state index >= 15 is 0 Å². The molecule has 0 amide bonds. The molecule has 0 atom stereocenters. The first-order chi connectivity index (χ1) is 18.6. The van der Waals surface area contributed by atoms with E-state index in [1.54, 1.807) is 42.5 Å². The largest absolute Gasteiger partial charge is 0.494 e. The lowest BCUT2D eigenvalue weighted by Crippen LogP contribution is -2.30. The third-order valence-corrected chi connectivity index (χ3v) is 8.06. The molecule has 3 aromatic carbocycles. The Morgan fingerprint density at radius 1 is 0.923 bits per heavy atom. The van der Waals surface area contributed by atoms with Gasteiger partial charge in [-0.1, -0.05) is 44.2 Å². The van der Waals surface area contributed by atoms with Crippen LogP contribution < -0.4 is 15.0 Å². The summed E-state index contributed by atoms with van der Waals surface area (Å²) in [5, 5.41) is 10.8. The third-order valence-electron chi connectivity index (χ3n) is 6.28. The van der Waals surface area contributed by atoms with Crippen LogP contribution in [0.3, 0.4) is 0 Å². The van der Waals surface area contributed by atoms with Crippen molar-refractivity contribution < 1.29 is 27.4 Å². The van der Waals surface area contributed by atoms with Crippen LogP contribution in [0.25, 0.3) is 16.8 Å². The van der Waals surface area contributed by atoms with Crippen LogP contribution in [-0.4, -0.2) is 37.3 Å². The minimum absolute atomic E-state index is 0.166. The van der Waals surface area contributed by atoms with Gasteiger partial charge in [0.05, 0.1) is 19.1 Å². The fourth-order valence-electron chi connectivity index (χ4n) is 4.23. The molecule has 39 heavy (non-hydrogen) atoms. The van der Waals surface area contributed by atoms with E-state index in [1.165, 1.54) is 38.5 Å². The number of aryl methyl sites for hydroxylation is 1. The van der Waals surface area contributed by atoms with E-state index in [0.29, 0.717) is 17.5 Å². The second kappa shape index (κ2) is 11.3. The number of benzene rings is 3. The number of hydrogen-bond donors (Lipinski definition) is 1. The van der Waals surface area contributed by atoms with Gasteiger partial charge in [0.1, 0.15) is 28.8 Å². The summed E-state index contributed by atoms with van der Waals surface area (Å²) in [6.07, 6.45) is 0.911. The highest BCUT2D eigenvalue weighted by Crippen LogP contribution is 2.34. The quantitative estimate of drug-likeness (QED) is 0.305. The average molecular weight is 553 g/mol. The predicted molar refractivity (Wildman–Crippen MR) is 145 cm³/mol. The molecule has 0 spiro atoms. The molecule has 4 aromatic rings. The van der Waals surface area contributed by atoms with Crippen molar-refractivity contribution in [3.8, 4) is 34.2 Å². The van der Waals surface area contributed by atoms with Crippen LogP contribution in [0, 0.1) is 11.7 Å². The van der Waals surface area contributed by atoms with Gasteiger partial charge in [-0.05, 0) is 59.9 Å². The van der Waals surface area contributed by atoms with E-state index in [1.807, 2.05) is 13.8 Å². The number of aromatic nitrogens is 2. The van der Waals surface area contributed by atoms with Crippen molar-refractivity contribution in [3.63, 3.8) is 0 Å². The number of aromatic hydroxyl groups is 1. The maximum atomic E-state index is 14.0. The lowest BCUT2D eigenvalue weighted by molar-refractivity contribution is 0.386. The molecule has 0 saturated heterocycles. The van der Waals surface area contributed by atoms with Gasteiger partial charge in [0.2, 0.25) is 15.7 Å². The first-order valence-electron chi connectivity index (χ1n) is 12.3.